The third-order valence-electron chi connectivity index (χ3n) is 6.89. The molecule has 1 fully saturated rings. The lowest BCUT2D eigenvalue weighted by atomic mass is 9.96. The molecule has 0 spiro atoms. The van der Waals surface area contributed by atoms with Crippen molar-refractivity contribution in [3.63, 3.8) is 0 Å². The molecule has 3 aromatic heterocycles. The van der Waals surface area contributed by atoms with Crippen LogP contribution < -0.4 is 4.90 Å². The fraction of sp³-hybridized carbons (Fsp3) is 0.429. The Bertz CT molecular complexity index is 1290. The zero-order chi connectivity index (χ0) is 24.9. The van der Waals surface area contributed by atoms with Gasteiger partial charge in [-0.2, -0.15) is 10.2 Å². The molecule has 0 bridgehead atoms. The van der Waals surface area contributed by atoms with Gasteiger partial charge in [0.2, 0.25) is 0 Å². The number of rotatable bonds is 9. The number of benzene rings is 1. The van der Waals surface area contributed by atoms with Gasteiger partial charge in [0.15, 0.2) is 5.82 Å². The van der Waals surface area contributed by atoms with Gasteiger partial charge in [-0.3, -0.25) is 4.68 Å². The van der Waals surface area contributed by atoms with E-state index in [1.165, 1.54) is 11.1 Å². The molecule has 0 N–H and O–H groups in total. The van der Waals surface area contributed by atoms with Crippen LogP contribution in [0.3, 0.4) is 0 Å². The maximum absolute atomic E-state index is 5.56. The summed E-state index contributed by atoms with van der Waals surface area (Å²) >= 11 is 0. The maximum Gasteiger partial charge on any atom is 0.159 e. The maximum atomic E-state index is 5.56. The number of anilines is 1. The molecule has 0 saturated carbocycles. The van der Waals surface area contributed by atoms with E-state index in [9.17, 15) is 0 Å². The average molecular weight is 486 g/mol. The summed E-state index contributed by atoms with van der Waals surface area (Å²) < 4.78 is 9.28. The van der Waals surface area contributed by atoms with Crippen molar-refractivity contribution in [2.24, 2.45) is 7.05 Å². The lowest BCUT2D eigenvalue weighted by Gasteiger charge is -2.28. The van der Waals surface area contributed by atoms with Crippen LogP contribution in [0.4, 0.5) is 5.82 Å². The first kappa shape index (κ1) is 24.2. The van der Waals surface area contributed by atoms with E-state index in [1.807, 2.05) is 34.9 Å². The predicted molar refractivity (Wildman–Crippen MR) is 142 cm³/mol. The predicted octanol–water partition coefficient (Wildman–Crippen LogP) is 4.59. The Morgan fingerprint density at radius 1 is 1.03 bits per heavy atom. The molecule has 4 heterocycles. The minimum absolute atomic E-state index is 0.527. The van der Waals surface area contributed by atoms with Gasteiger partial charge >= 0.3 is 0 Å². The molecule has 8 heteroatoms. The molecule has 0 unspecified atom stereocenters. The van der Waals surface area contributed by atoms with Crippen molar-refractivity contribution in [3.05, 3.63) is 71.9 Å². The van der Waals surface area contributed by atoms with E-state index >= 15 is 0 Å². The van der Waals surface area contributed by atoms with Gasteiger partial charge in [-0.25, -0.2) is 14.6 Å². The van der Waals surface area contributed by atoms with Gasteiger partial charge in [-0.05, 0) is 48.4 Å². The van der Waals surface area contributed by atoms with Crippen LogP contribution in [0.25, 0.3) is 17.1 Å². The number of hydrogen-bond acceptors (Lipinski definition) is 6. The zero-order valence-corrected chi connectivity index (χ0v) is 21.5. The Balaban J connectivity index is 1.40. The van der Waals surface area contributed by atoms with Gasteiger partial charge in [0.05, 0.1) is 25.1 Å². The van der Waals surface area contributed by atoms with Crippen molar-refractivity contribution in [3.8, 4) is 17.1 Å². The molecule has 36 heavy (non-hydrogen) atoms. The van der Waals surface area contributed by atoms with Crippen LogP contribution in [0.1, 0.15) is 49.6 Å². The van der Waals surface area contributed by atoms with E-state index in [0.29, 0.717) is 19.1 Å². The highest BCUT2D eigenvalue weighted by atomic mass is 16.5. The van der Waals surface area contributed by atoms with Gasteiger partial charge < -0.3 is 9.64 Å². The number of hydrogen-bond donors (Lipinski definition) is 0. The van der Waals surface area contributed by atoms with Crippen LogP contribution in [-0.2, 0) is 24.6 Å². The zero-order valence-electron chi connectivity index (χ0n) is 21.5. The summed E-state index contributed by atoms with van der Waals surface area (Å²) in [4.78, 5) is 12.1. The molecule has 0 aliphatic carbocycles. The molecule has 0 radical (unpaired) electrons. The summed E-state index contributed by atoms with van der Waals surface area (Å²) in [5.74, 6) is 3.11. The molecule has 5 rings (SSSR count). The third-order valence-corrected chi connectivity index (χ3v) is 6.89. The second kappa shape index (κ2) is 11.0. The van der Waals surface area contributed by atoms with Gasteiger partial charge in [0.25, 0.3) is 0 Å². The molecule has 1 aliphatic rings. The first-order valence-corrected chi connectivity index (χ1v) is 12.9. The third kappa shape index (κ3) is 5.65. The van der Waals surface area contributed by atoms with Crippen molar-refractivity contribution in [1.29, 1.82) is 0 Å². The van der Waals surface area contributed by atoms with Crippen molar-refractivity contribution in [1.82, 2.24) is 29.5 Å². The minimum Gasteiger partial charge on any atom is -0.378 e. The Morgan fingerprint density at radius 3 is 2.64 bits per heavy atom. The summed E-state index contributed by atoms with van der Waals surface area (Å²) in [6, 6.07) is 12.8. The molecule has 0 amide bonds. The highest BCUT2D eigenvalue weighted by Crippen LogP contribution is 2.25. The van der Waals surface area contributed by atoms with Crippen LogP contribution in [0.2, 0.25) is 0 Å². The number of morpholine rings is 1. The quantitative estimate of drug-likeness (QED) is 0.345. The van der Waals surface area contributed by atoms with E-state index in [-0.39, 0.29) is 0 Å². The SMILES string of the molecule is CC[C@@H](C)c1cccc(-c2ccn(-c3cc(N4CCOCC4)nc(CCCc4cnn(C)c4)n3)n2)c1. The lowest BCUT2D eigenvalue weighted by Crippen LogP contribution is -2.37. The number of aryl methyl sites for hydroxylation is 3. The summed E-state index contributed by atoms with van der Waals surface area (Å²) in [5, 5.41) is 9.18. The largest absolute Gasteiger partial charge is 0.378 e. The van der Waals surface area contributed by atoms with E-state index < -0.39 is 0 Å². The summed E-state index contributed by atoms with van der Waals surface area (Å²) in [5.41, 5.74) is 4.66. The normalized spacial score (nSPS) is 14.8. The van der Waals surface area contributed by atoms with Crippen molar-refractivity contribution < 1.29 is 4.74 Å². The molecule has 1 saturated heterocycles. The number of aromatic nitrogens is 6. The van der Waals surface area contributed by atoms with E-state index in [2.05, 4.69) is 60.4 Å². The van der Waals surface area contributed by atoms with E-state index in [4.69, 9.17) is 19.8 Å². The summed E-state index contributed by atoms with van der Waals surface area (Å²) in [6.45, 7) is 7.59. The van der Waals surface area contributed by atoms with Gasteiger partial charge in [-0.15, -0.1) is 0 Å². The van der Waals surface area contributed by atoms with E-state index in [0.717, 1.165) is 67.5 Å². The van der Waals surface area contributed by atoms with Crippen LogP contribution >= 0.6 is 0 Å². The molecule has 8 nitrogen and oxygen atoms in total. The molecule has 1 aliphatic heterocycles. The van der Waals surface area contributed by atoms with Crippen LogP contribution in [0.5, 0.6) is 0 Å². The molecule has 1 aromatic carbocycles. The highest BCUT2D eigenvalue weighted by Gasteiger charge is 2.17. The van der Waals surface area contributed by atoms with E-state index in [1.54, 1.807) is 0 Å². The lowest BCUT2D eigenvalue weighted by molar-refractivity contribution is 0.122. The Labute approximate surface area is 213 Å². The summed E-state index contributed by atoms with van der Waals surface area (Å²) in [7, 11) is 1.95. The monoisotopic (exact) mass is 485 g/mol. The van der Waals surface area contributed by atoms with Gasteiger partial charge in [-0.1, -0.05) is 32.0 Å². The topological polar surface area (TPSA) is 73.9 Å². The number of nitrogens with zero attached hydrogens (tertiary/aromatic N) is 7. The minimum atomic E-state index is 0.527. The fourth-order valence-electron chi connectivity index (χ4n) is 4.55. The van der Waals surface area contributed by atoms with Crippen LogP contribution in [0, 0.1) is 0 Å². The standard InChI is InChI=1S/C28H35N7O/c1-4-21(2)23-8-6-9-24(17-23)25-11-12-35(32-25)28-18-27(34-13-15-36-16-14-34)30-26(31-28)10-5-7-22-19-29-33(3)20-22/h6,8-9,11-12,17-21H,4-5,7,10,13-16H2,1-3H3/t21-/m1/s1. The van der Waals surface area contributed by atoms with Crippen molar-refractivity contribution in [2.45, 2.75) is 45.4 Å². The molecular formula is C28H35N7O. The molecule has 188 valence electrons. The molecule has 4 aromatic rings. The second-order valence-electron chi connectivity index (χ2n) is 9.56. The Kier molecular flexibility index (Phi) is 7.41. The van der Waals surface area contributed by atoms with Crippen molar-refractivity contribution >= 4 is 5.82 Å². The van der Waals surface area contributed by atoms with Gasteiger partial charge in [0, 0.05) is 50.6 Å². The molecule has 1 atom stereocenters. The van der Waals surface area contributed by atoms with Crippen LogP contribution in [0.15, 0.2) is 55.0 Å². The van der Waals surface area contributed by atoms with Crippen LogP contribution in [-0.4, -0.2) is 55.8 Å². The Hall–Kier alpha value is -3.52. The Morgan fingerprint density at radius 2 is 1.86 bits per heavy atom. The average Bonchev–Trinajstić information content (AvgIpc) is 3.58. The van der Waals surface area contributed by atoms with Crippen molar-refractivity contribution in [2.75, 3.05) is 31.2 Å². The number of ether oxygens (including phenoxy) is 1. The first-order valence-electron chi connectivity index (χ1n) is 12.9. The van der Waals surface area contributed by atoms with Gasteiger partial charge in [0.1, 0.15) is 11.6 Å². The highest BCUT2D eigenvalue weighted by molar-refractivity contribution is 5.60. The smallest absolute Gasteiger partial charge is 0.159 e. The summed E-state index contributed by atoms with van der Waals surface area (Å²) in [6.07, 6.45) is 9.82. The second-order valence-corrected chi connectivity index (χ2v) is 9.56. The first-order chi connectivity index (χ1) is 17.6. The molecular weight excluding hydrogens is 450 g/mol. The fourth-order valence-corrected chi connectivity index (χ4v) is 4.55.